The van der Waals surface area contributed by atoms with E-state index in [9.17, 15) is 18.5 Å². The molecule has 0 aliphatic heterocycles. The lowest BCUT2D eigenvalue weighted by Crippen LogP contribution is -2.15. The molecule has 1 N–H and O–H groups in total. The van der Waals surface area contributed by atoms with Gasteiger partial charge in [-0.05, 0) is 31.9 Å². The number of nitro groups is 1. The van der Waals surface area contributed by atoms with Crippen LogP contribution >= 0.6 is 0 Å². The van der Waals surface area contributed by atoms with Crippen LogP contribution in [0.4, 0.5) is 11.4 Å². The Labute approximate surface area is 121 Å². The summed E-state index contributed by atoms with van der Waals surface area (Å²) in [6.45, 7) is 4.78. The summed E-state index contributed by atoms with van der Waals surface area (Å²) in [5, 5.41) is 14.5. The van der Waals surface area contributed by atoms with Crippen LogP contribution < -0.4 is 4.72 Å². The van der Waals surface area contributed by atoms with E-state index in [1.165, 1.54) is 6.07 Å². The quantitative estimate of drug-likeness (QED) is 0.684. The van der Waals surface area contributed by atoms with Crippen molar-refractivity contribution in [2.24, 2.45) is 0 Å². The smallest absolute Gasteiger partial charge is 0.271 e. The first-order valence-corrected chi connectivity index (χ1v) is 7.40. The number of aromatic nitrogens is 1. The monoisotopic (exact) mass is 311 g/mol. The fourth-order valence-corrected chi connectivity index (χ4v) is 3.22. The number of sulfonamides is 1. The number of aryl methyl sites for hydroxylation is 2. The number of non-ortho nitro benzene ring substituents is 1. The Bertz CT molecular complexity index is 810. The first-order chi connectivity index (χ1) is 9.72. The number of rotatable bonds is 4. The highest BCUT2D eigenvalue weighted by Gasteiger charge is 2.23. The van der Waals surface area contributed by atoms with Crippen molar-refractivity contribution >= 4 is 21.4 Å². The van der Waals surface area contributed by atoms with E-state index in [1.54, 1.807) is 20.8 Å². The number of hydrogen-bond acceptors (Lipinski definition) is 6. The predicted molar refractivity (Wildman–Crippen MR) is 74.6 cm³/mol. The van der Waals surface area contributed by atoms with Gasteiger partial charge in [0.25, 0.3) is 15.7 Å². The van der Waals surface area contributed by atoms with Crippen molar-refractivity contribution in [1.29, 1.82) is 0 Å². The van der Waals surface area contributed by atoms with Gasteiger partial charge in [0.15, 0.2) is 0 Å². The van der Waals surface area contributed by atoms with Gasteiger partial charge in [-0.15, -0.1) is 0 Å². The molecule has 2 rings (SSSR count). The molecule has 0 aliphatic rings. The van der Waals surface area contributed by atoms with E-state index < -0.39 is 14.9 Å². The van der Waals surface area contributed by atoms with Crippen LogP contribution in [0, 0.1) is 30.9 Å². The van der Waals surface area contributed by atoms with Gasteiger partial charge in [0.2, 0.25) is 0 Å². The molecule has 0 atom stereocenters. The lowest BCUT2D eigenvalue weighted by molar-refractivity contribution is -0.385. The third kappa shape index (κ3) is 2.87. The summed E-state index contributed by atoms with van der Waals surface area (Å²) in [5.74, 6) is 0. The fourth-order valence-electron chi connectivity index (χ4n) is 1.78. The van der Waals surface area contributed by atoms with E-state index in [-0.39, 0.29) is 16.3 Å². The molecule has 9 heteroatoms. The largest absolute Gasteiger partial charge is 0.362 e. The van der Waals surface area contributed by atoms with E-state index >= 15 is 0 Å². The predicted octanol–water partition coefficient (Wildman–Crippen LogP) is 2.31. The van der Waals surface area contributed by atoms with Crippen molar-refractivity contribution in [1.82, 2.24) is 5.16 Å². The molecule has 21 heavy (non-hydrogen) atoms. The molecule has 0 spiro atoms. The van der Waals surface area contributed by atoms with Gasteiger partial charge < -0.3 is 4.52 Å². The molecule has 112 valence electrons. The highest BCUT2D eigenvalue weighted by molar-refractivity contribution is 7.92. The van der Waals surface area contributed by atoms with Crippen LogP contribution in [-0.4, -0.2) is 18.5 Å². The van der Waals surface area contributed by atoms with Gasteiger partial charge >= 0.3 is 0 Å². The van der Waals surface area contributed by atoms with E-state index in [2.05, 4.69) is 14.4 Å². The third-order valence-electron chi connectivity index (χ3n) is 3.10. The Morgan fingerprint density at radius 1 is 1.29 bits per heavy atom. The average Bonchev–Trinajstić information content (AvgIpc) is 2.77. The van der Waals surface area contributed by atoms with Crippen LogP contribution in [0.15, 0.2) is 27.8 Å². The van der Waals surface area contributed by atoms with Gasteiger partial charge in [0.1, 0.15) is 17.6 Å². The van der Waals surface area contributed by atoms with Crippen molar-refractivity contribution in [3.05, 3.63) is 45.3 Å². The minimum atomic E-state index is -3.97. The second-order valence-electron chi connectivity index (χ2n) is 4.56. The van der Waals surface area contributed by atoms with Crippen molar-refractivity contribution in [3.63, 3.8) is 0 Å². The number of benzene rings is 1. The Hall–Kier alpha value is -2.42. The number of nitrogens with zero attached hydrogens (tertiary/aromatic N) is 2. The Morgan fingerprint density at radius 2 is 1.95 bits per heavy atom. The Morgan fingerprint density at radius 3 is 2.48 bits per heavy atom. The van der Waals surface area contributed by atoms with Gasteiger partial charge in [0, 0.05) is 12.1 Å². The summed E-state index contributed by atoms with van der Waals surface area (Å²) in [4.78, 5) is 10.1. The van der Waals surface area contributed by atoms with Crippen molar-refractivity contribution in [3.8, 4) is 0 Å². The minimum absolute atomic E-state index is 0.144. The molecule has 1 aromatic heterocycles. The molecule has 2 aromatic rings. The molecule has 0 bridgehead atoms. The van der Waals surface area contributed by atoms with E-state index in [4.69, 9.17) is 0 Å². The van der Waals surface area contributed by atoms with Gasteiger partial charge in [0.05, 0.1) is 9.82 Å². The molecule has 0 saturated heterocycles. The second-order valence-corrected chi connectivity index (χ2v) is 6.21. The first-order valence-electron chi connectivity index (χ1n) is 5.92. The van der Waals surface area contributed by atoms with Crippen molar-refractivity contribution in [2.75, 3.05) is 4.72 Å². The summed E-state index contributed by atoms with van der Waals surface area (Å²) in [5.41, 5.74) is 1.26. The van der Waals surface area contributed by atoms with Crippen molar-refractivity contribution < 1.29 is 17.9 Å². The maximum absolute atomic E-state index is 12.4. The second kappa shape index (κ2) is 5.17. The van der Waals surface area contributed by atoms with Crippen LogP contribution in [0.3, 0.4) is 0 Å². The molecular weight excluding hydrogens is 298 g/mol. The molecule has 0 unspecified atom stereocenters. The minimum Gasteiger partial charge on any atom is -0.362 e. The Kier molecular flexibility index (Phi) is 3.69. The van der Waals surface area contributed by atoms with Crippen LogP contribution in [0.25, 0.3) is 0 Å². The van der Waals surface area contributed by atoms with E-state index in [0.717, 1.165) is 12.3 Å². The van der Waals surface area contributed by atoms with Crippen LogP contribution in [0.2, 0.25) is 0 Å². The fraction of sp³-hybridized carbons (Fsp3) is 0.250. The van der Waals surface area contributed by atoms with E-state index in [1.807, 2.05) is 0 Å². The normalized spacial score (nSPS) is 11.4. The zero-order chi connectivity index (χ0) is 15.8. The SMILES string of the molecule is Cc1cc([N+](=O)[O-])cc(S(=O)(=O)Nc2conc2C)c1C. The third-order valence-corrected chi connectivity index (χ3v) is 4.59. The highest BCUT2D eigenvalue weighted by atomic mass is 32.2. The molecular formula is C12H13N3O5S. The van der Waals surface area contributed by atoms with Gasteiger partial charge in [-0.25, -0.2) is 8.42 Å². The summed E-state index contributed by atoms with van der Waals surface area (Å²) in [6, 6.07) is 2.37. The number of anilines is 1. The summed E-state index contributed by atoms with van der Waals surface area (Å²) >= 11 is 0. The van der Waals surface area contributed by atoms with Gasteiger partial charge in [-0.2, -0.15) is 0 Å². The molecule has 0 radical (unpaired) electrons. The molecule has 0 saturated carbocycles. The van der Waals surface area contributed by atoms with Crippen LogP contribution in [0.5, 0.6) is 0 Å². The molecule has 0 amide bonds. The number of nitrogens with one attached hydrogen (secondary N) is 1. The number of nitro benzene ring substituents is 1. The summed E-state index contributed by atoms with van der Waals surface area (Å²) < 4.78 is 31.8. The summed E-state index contributed by atoms with van der Waals surface area (Å²) in [7, 11) is -3.97. The maximum Gasteiger partial charge on any atom is 0.271 e. The zero-order valence-electron chi connectivity index (χ0n) is 11.6. The van der Waals surface area contributed by atoms with Crippen LogP contribution in [0.1, 0.15) is 16.8 Å². The molecule has 8 nitrogen and oxygen atoms in total. The Balaban J connectivity index is 2.54. The van der Waals surface area contributed by atoms with E-state index in [0.29, 0.717) is 16.8 Å². The molecule has 1 aromatic carbocycles. The molecule has 0 fully saturated rings. The average molecular weight is 311 g/mol. The first kappa shape index (κ1) is 15.0. The van der Waals surface area contributed by atoms with Crippen LogP contribution in [-0.2, 0) is 10.0 Å². The molecule has 0 aliphatic carbocycles. The molecule has 1 heterocycles. The van der Waals surface area contributed by atoms with Crippen molar-refractivity contribution in [2.45, 2.75) is 25.7 Å². The zero-order valence-corrected chi connectivity index (χ0v) is 12.4. The topological polar surface area (TPSA) is 115 Å². The lowest BCUT2D eigenvalue weighted by atomic mass is 10.1. The summed E-state index contributed by atoms with van der Waals surface area (Å²) in [6.07, 6.45) is 1.16. The number of hydrogen-bond donors (Lipinski definition) is 1. The lowest BCUT2D eigenvalue weighted by Gasteiger charge is -2.11. The highest BCUT2D eigenvalue weighted by Crippen LogP contribution is 2.27. The maximum atomic E-state index is 12.4. The van der Waals surface area contributed by atoms with Gasteiger partial charge in [-0.1, -0.05) is 5.16 Å². The van der Waals surface area contributed by atoms with Gasteiger partial charge in [-0.3, -0.25) is 14.8 Å². The standard InChI is InChI=1S/C12H13N3O5S/c1-7-4-10(15(16)17)5-12(8(7)2)21(18,19)14-11-6-20-13-9(11)3/h4-6,14H,1-3H3.